The summed E-state index contributed by atoms with van der Waals surface area (Å²) in [5.41, 5.74) is 1.22. The van der Waals surface area contributed by atoms with Crippen molar-refractivity contribution in [1.29, 1.82) is 0 Å². The molecule has 0 saturated heterocycles. The molecule has 1 N–H and O–H groups in total. The lowest BCUT2D eigenvalue weighted by molar-refractivity contribution is 0.828. The van der Waals surface area contributed by atoms with Crippen LogP contribution in [0.3, 0.4) is 0 Å². The lowest BCUT2D eigenvalue weighted by Crippen LogP contribution is -1.85. The Morgan fingerprint density at radius 2 is 1.91 bits per heavy atom. The zero-order valence-electron chi connectivity index (χ0n) is 8.10. The van der Waals surface area contributed by atoms with Gasteiger partial charge in [-0.2, -0.15) is 0 Å². The Labute approximate surface area is 69.1 Å². The van der Waals surface area contributed by atoms with Crippen molar-refractivity contribution in [2.45, 2.75) is 40.5 Å². The molecule has 64 valence electrons. The third-order valence-electron chi connectivity index (χ3n) is 1.34. The molecule has 0 radical (unpaired) electrons. The number of imidazole rings is 1. The number of nitrogens with one attached hydrogen (secondary N) is 1. The normalized spacial score (nSPS) is 9.27. The van der Waals surface area contributed by atoms with Crippen LogP contribution in [0.15, 0.2) is 6.20 Å². The highest BCUT2D eigenvalue weighted by atomic mass is 14.9. The number of aryl methyl sites for hydroxylation is 1. The second-order valence-corrected chi connectivity index (χ2v) is 2.58. The van der Waals surface area contributed by atoms with Crippen molar-refractivity contribution in [2.24, 2.45) is 0 Å². The van der Waals surface area contributed by atoms with Crippen LogP contribution in [-0.2, 0) is 0 Å². The highest BCUT2D eigenvalue weighted by Gasteiger charge is 1.99. The SMILES string of the molecule is CC.Cc1ncc(C(C)C)[nH]1. The number of hydrogen-bond donors (Lipinski definition) is 1. The molecule has 0 amide bonds. The van der Waals surface area contributed by atoms with Crippen LogP contribution in [0.2, 0.25) is 0 Å². The molecule has 1 heterocycles. The Morgan fingerprint density at radius 3 is 2.09 bits per heavy atom. The molecule has 0 aliphatic rings. The van der Waals surface area contributed by atoms with Gasteiger partial charge in [0.15, 0.2) is 0 Å². The summed E-state index contributed by atoms with van der Waals surface area (Å²) >= 11 is 0. The van der Waals surface area contributed by atoms with Crippen molar-refractivity contribution in [3.63, 3.8) is 0 Å². The van der Waals surface area contributed by atoms with Gasteiger partial charge in [0.05, 0.1) is 0 Å². The monoisotopic (exact) mass is 154 g/mol. The number of rotatable bonds is 1. The maximum Gasteiger partial charge on any atom is 0.103 e. The average molecular weight is 154 g/mol. The first-order valence-electron chi connectivity index (χ1n) is 4.21. The molecule has 1 rings (SSSR count). The van der Waals surface area contributed by atoms with Crippen molar-refractivity contribution in [2.75, 3.05) is 0 Å². The molecule has 0 fully saturated rings. The highest BCUT2D eigenvalue weighted by Crippen LogP contribution is 2.09. The van der Waals surface area contributed by atoms with Gasteiger partial charge in [-0.05, 0) is 12.8 Å². The molecule has 0 atom stereocenters. The maximum absolute atomic E-state index is 4.08. The van der Waals surface area contributed by atoms with E-state index in [0.29, 0.717) is 5.92 Å². The van der Waals surface area contributed by atoms with E-state index in [2.05, 4.69) is 23.8 Å². The number of nitrogens with zero attached hydrogens (tertiary/aromatic N) is 1. The Balaban J connectivity index is 0.000000461. The Bertz CT molecular complexity index is 189. The third-order valence-corrected chi connectivity index (χ3v) is 1.34. The van der Waals surface area contributed by atoms with Gasteiger partial charge in [0.1, 0.15) is 5.82 Å². The largest absolute Gasteiger partial charge is 0.346 e. The van der Waals surface area contributed by atoms with Crippen molar-refractivity contribution in [3.8, 4) is 0 Å². The predicted molar refractivity (Wildman–Crippen MR) is 48.8 cm³/mol. The molecule has 2 nitrogen and oxygen atoms in total. The fourth-order valence-corrected chi connectivity index (χ4v) is 0.733. The molecule has 1 aromatic heterocycles. The Kier molecular flexibility index (Phi) is 4.59. The fourth-order valence-electron chi connectivity index (χ4n) is 0.733. The average Bonchev–Trinajstić information content (AvgIpc) is 2.40. The summed E-state index contributed by atoms with van der Waals surface area (Å²) in [6, 6.07) is 0. The summed E-state index contributed by atoms with van der Waals surface area (Å²) in [7, 11) is 0. The van der Waals surface area contributed by atoms with E-state index >= 15 is 0 Å². The standard InChI is InChI=1S/C7H12N2.C2H6/c1-5(2)7-4-8-6(3)9-7;1-2/h4-5H,1-3H3,(H,8,9);1-2H3. The third kappa shape index (κ3) is 3.21. The second-order valence-electron chi connectivity index (χ2n) is 2.58. The summed E-state index contributed by atoms with van der Waals surface area (Å²) in [5.74, 6) is 1.56. The van der Waals surface area contributed by atoms with Crippen LogP contribution in [-0.4, -0.2) is 9.97 Å². The summed E-state index contributed by atoms with van der Waals surface area (Å²) in [6.45, 7) is 10.3. The minimum Gasteiger partial charge on any atom is -0.346 e. The number of hydrogen-bond acceptors (Lipinski definition) is 1. The quantitative estimate of drug-likeness (QED) is 0.662. The number of aromatic nitrogens is 2. The Hall–Kier alpha value is -0.790. The number of aromatic amines is 1. The van der Waals surface area contributed by atoms with Crippen molar-refractivity contribution in [3.05, 3.63) is 17.7 Å². The molecule has 0 saturated carbocycles. The lowest BCUT2D eigenvalue weighted by atomic mass is 10.2. The van der Waals surface area contributed by atoms with Gasteiger partial charge in [0, 0.05) is 11.9 Å². The van der Waals surface area contributed by atoms with Gasteiger partial charge in [-0.25, -0.2) is 4.98 Å². The summed E-state index contributed by atoms with van der Waals surface area (Å²) in [5, 5.41) is 0. The minimum atomic E-state index is 0.561. The molecule has 0 aliphatic heterocycles. The van der Waals surface area contributed by atoms with Crippen LogP contribution in [0.1, 0.15) is 45.1 Å². The van der Waals surface area contributed by atoms with E-state index in [9.17, 15) is 0 Å². The van der Waals surface area contributed by atoms with Crippen molar-refractivity contribution < 1.29 is 0 Å². The summed E-state index contributed by atoms with van der Waals surface area (Å²) in [6.07, 6.45) is 1.89. The molecule has 0 unspecified atom stereocenters. The van der Waals surface area contributed by atoms with Gasteiger partial charge in [0.2, 0.25) is 0 Å². The lowest BCUT2D eigenvalue weighted by Gasteiger charge is -1.96. The smallest absolute Gasteiger partial charge is 0.103 e. The first-order chi connectivity index (χ1) is 5.20. The molecule has 0 aromatic carbocycles. The first kappa shape index (κ1) is 10.2. The minimum absolute atomic E-state index is 0.561. The Morgan fingerprint density at radius 1 is 1.36 bits per heavy atom. The highest BCUT2D eigenvalue weighted by molar-refractivity contribution is 5.03. The molecular weight excluding hydrogens is 136 g/mol. The van der Waals surface area contributed by atoms with E-state index in [4.69, 9.17) is 0 Å². The van der Waals surface area contributed by atoms with Gasteiger partial charge in [0.25, 0.3) is 0 Å². The van der Waals surface area contributed by atoms with E-state index in [1.807, 2.05) is 27.0 Å². The first-order valence-corrected chi connectivity index (χ1v) is 4.21. The molecule has 0 spiro atoms. The zero-order valence-corrected chi connectivity index (χ0v) is 8.10. The molecule has 0 aliphatic carbocycles. The van der Waals surface area contributed by atoms with E-state index in [0.717, 1.165) is 5.82 Å². The summed E-state index contributed by atoms with van der Waals surface area (Å²) < 4.78 is 0. The van der Waals surface area contributed by atoms with E-state index in [1.54, 1.807) is 0 Å². The second kappa shape index (κ2) is 4.94. The van der Waals surface area contributed by atoms with Crippen LogP contribution < -0.4 is 0 Å². The van der Waals surface area contributed by atoms with Crippen LogP contribution in [0.4, 0.5) is 0 Å². The van der Waals surface area contributed by atoms with Gasteiger partial charge in [-0.15, -0.1) is 0 Å². The number of H-pyrrole nitrogens is 1. The van der Waals surface area contributed by atoms with Gasteiger partial charge < -0.3 is 4.98 Å². The maximum atomic E-state index is 4.08. The van der Waals surface area contributed by atoms with E-state index in [1.165, 1.54) is 5.69 Å². The summed E-state index contributed by atoms with van der Waals surface area (Å²) in [4.78, 5) is 7.25. The van der Waals surface area contributed by atoms with E-state index < -0.39 is 0 Å². The topological polar surface area (TPSA) is 28.7 Å². The molecule has 2 heteroatoms. The van der Waals surface area contributed by atoms with E-state index in [-0.39, 0.29) is 0 Å². The van der Waals surface area contributed by atoms with Gasteiger partial charge in [-0.3, -0.25) is 0 Å². The fraction of sp³-hybridized carbons (Fsp3) is 0.667. The van der Waals surface area contributed by atoms with Crippen molar-refractivity contribution >= 4 is 0 Å². The van der Waals surface area contributed by atoms with Crippen LogP contribution >= 0.6 is 0 Å². The van der Waals surface area contributed by atoms with Crippen LogP contribution in [0, 0.1) is 6.92 Å². The molecule has 11 heavy (non-hydrogen) atoms. The zero-order chi connectivity index (χ0) is 8.85. The van der Waals surface area contributed by atoms with Gasteiger partial charge >= 0.3 is 0 Å². The van der Waals surface area contributed by atoms with Crippen LogP contribution in [0.25, 0.3) is 0 Å². The van der Waals surface area contributed by atoms with Crippen molar-refractivity contribution in [1.82, 2.24) is 9.97 Å². The van der Waals surface area contributed by atoms with Gasteiger partial charge in [-0.1, -0.05) is 27.7 Å². The van der Waals surface area contributed by atoms with Crippen LogP contribution in [0.5, 0.6) is 0 Å². The predicted octanol–water partition coefficient (Wildman–Crippen LogP) is 2.87. The molecular formula is C9H18N2. The molecule has 0 bridgehead atoms. The molecule has 1 aromatic rings.